The van der Waals surface area contributed by atoms with Crippen molar-refractivity contribution in [1.29, 1.82) is 0 Å². The fourth-order valence-electron chi connectivity index (χ4n) is 5.83. The molecule has 0 saturated carbocycles. The zero-order valence-corrected chi connectivity index (χ0v) is 22.3. The van der Waals surface area contributed by atoms with E-state index in [1.54, 1.807) is 22.0 Å². The molecule has 35 heavy (non-hydrogen) atoms. The van der Waals surface area contributed by atoms with E-state index in [0.717, 1.165) is 25.7 Å². The van der Waals surface area contributed by atoms with Gasteiger partial charge in [-0.3, -0.25) is 14.4 Å². The summed E-state index contributed by atoms with van der Waals surface area (Å²) in [5, 5.41) is 9.46. The van der Waals surface area contributed by atoms with Crippen LogP contribution in [0, 0.1) is 11.8 Å². The molecule has 8 nitrogen and oxygen atoms in total. The maximum absolute atomic E-state index is 14.0. The fraction of sp³-hybridized carbons (Fsp3) is 0.731. The minimum absolute atomic E-state index is 0.103. The summed E-state index contributed by atoms with van der Waals surface area (Å²) in [5.41, 5.74) is -1.10. The third-order valence-corrected chi connectivity index (χ3v) is 8.19. The molecule has 9 heteroatoms. The number of alkyl halides is 1. The van der Waals surface area contributed by atoms with Crippen LogP contribution in [-0.4, -0.2) is 88.1 Å². The summed E-state index contributed by atoms with van der Waals surface area (Å²) in [6, 6.07) is -0.850. The van der Waals surface area contributed by atoms with E-state index in [2.05, 4.69) is 36.0 Å². The largest absolute Gasteiger partial charge is 0.465 e. The normalized spacial score (nSPS) is 30.9. The number of halogens is 1. The number of allylic oxidation sites excluding steroid dienone is 1. The molecule has 3 heterocycles. The molecule has 2 bridgehead atoms. The van der Waals surface area contributed by atoms with Crippen molar-refractivity contribution in [3.05, 3.63) is 25.3 Å². The van der Waals surface area contributed by atoms with Crippen molar-refractivity contribution in [3.8, 4) is 0 Å². The molecule has 2 amide bonds. The molecule has 0 aliphatic carbocycles. The van der Waals surface area contributed by atoms with Crippen LogP contribution in [0.15, 0.2) is 25.3 Å². The van der Waals surface area contributed by atoms with Gasteiger partial charge in [0, 0.05) is 31.1 Å². The lowest BCUT2D eigenvalue weighted by molar-refractivity contribution is -0.155. The number of likely N-dealkylation sites (tertiary alicyclic amines) is 1. The molecule has 3 aliphatic heterocycles. The number of hydrogen-bond donors (Lipinski definition) is 1. The van der Waals surface area contributed by atoms with Crippen LogP contribution in [0.4, 0.5) is 0 Å². The Labute approximate surface area is 216 Å². The molecule has 0 aromatic carbocycles. The molecule has 1 N–H and O–H groups in total. The molecule has 1 spiro atoms. The second kappa shape index (κ2) is 12.5. The van der Waals surface area contributed by atoms with E-state index in [1.807, 2.05) is 0 Å². The number of nitrogens with zero attached hydrogens (tertiary/aromatic N) is 2. The van der Waals surface area contributed by atoms with E-state index in [-0.39, 0.29) is 36.4 Å². The average Bonchev–Trinajstić information content (AvgIpc) is 3.43. The van der Waals surface area contributed by atoms with Gasteiger partial charge >= 0.3 is 5.97 Å². The number of hydrogen-bond acceptors (Lipinski definition) is 6. The van der Waals surface area contributed by atoms with Crippen LogP contribution in [0.2, 0.25) is 0 Å². The zero-order valence-electron chi connectivity index (χ0n) is 20.7. The predicted molar refractivity (Wildman–Crippen MR) is 136 cm³/mol. The highest BCUT2D eigenvalue weighted by atomic mass is 79.9. The zero-order chi connectivity index (χ0) is 25.6. The van der Waals surface area contributed by atoms with Crippen molar-refractivity contribution in [3.63, 3.8) is 0 Å². The Morgan fingerprint density at radius 1 is 1.29 bits per heavy atom. The molecule has 0 aromatic rings. The summed E-state index contributed by atoms with van der Waals surface area (Å²) in [4.78, 5) is 44.1. The molecule has 3 saturated heterocycles. The molecule has 0 radical (unpaired) electrons. The first kappa shape index (κ1) is 27.9. The summed E-state index contributed by atoms with van der Waals surface area (Å²) in [5.74, 6) is -2.45. The number of unbranched alkanes of at least 4 members (excludes halogenated alkanes) is 3. The molecule has 3 aliphatic rings. The minimum atomic E-state index is -1.10. The number of esters is 1. The van der Waals surface area contributed by atoms with E-state index in [4.69, 9.17) is 9.47 Å². The van der Waals surface area contributed by atoms with Gasteiger partial charge in [0.1, 0.15) is 11.6 Å². The van der Waals surface area contributed by atoms with Crippen LogP contribution in [0.1, 0.15) is 51.9 Å². The van der Waals surface area contributed by atoms with E-state index in [9.17, 15) is 19.5 Å². The van der Waals surface area contributed by atoms with Gasteiger partial charge in [-0.05, 0) is 32.1 Å². The number of fused-ring (bicyclic) bond motifs is 1. The SMILES string of the molecule is C=CCCCOC(=O)[C@H]1[C@@H]2OC3(CC2Br)C(C(=O)N(CC=C)CCCCC)N(CCCO)C(=O)[C@H]13. The van der Waals surface area contributed by atoms with Crippen molar-refractivity contribution in [2.24, 2.45) is 11.8 Å². The van der Waals surface area contributed by atoms with E-state index >= 15 is 0 Å². The molecule has 3 fully saturated rings. The molecule has 3 unspecified atom stereocenters. The van der Waals surface area contributed by atoms with Gasteiger partial charge in [0.15, 0.2) is 0 Å². The number of aliphatic hydroxyl groups excluding tert-OH is 1. The quantitative estimate of drug-likeness (QED) is 0.145. The van der Waals surface area contributed by atoms with Crippen LogP contribution < -0.4 is 0 Å². The van der Waals surface area contributed by atoms with Crippen LogP contribution in [0.5, 0.6) is 0 Å². The Hall–Kier alpha value is -1.71. The number of amides is 2. The summed E-state index contributed by atoms with van der Waals surface area (Å²) >= 11 is 3.66. The Morgan fingerprint density at radius 2 is 2.06 bits per heavy atom. The summed E-state index contributed by atoms with van der Waals surface area (Å²) in [6.07, 6.45) is 7.99. The number of carbonyl (C=O) groups excluding carboxylic acids is 3. The lowest BCUT2D eigenvalue weighted by Gasteiger charge is -2.37. The first-order chi connectivity index (χ1) is 16.9. The van der Waals surface area contributed by atoms with Crippen LogP contribution in [0.3, 0.4) is 0 Å². The number of aliphatic hydroxyl groups is 1. The van der Waals surface area contributed by atoms with Gasteiger partial charge in [-0.1, -0.05) is 47.8 Å². The summed E-state index contributed by atoms with van der Waals surface area (Å²) < 4.78 is 12.0. The topological polar surface area (TPSA) is 96.4 Å². The Kier molecular flexibility index (Phi) is 9.95. The third kappa shape index (κ3) is 5.37. The first-order valence-electron chi connectivity index (χ1n) is 12.8. The monoisotopic (exact) mass is 554 g/mol. The predicted octanol–water partition coefficient (Wildman–Crippen LogP) is 2.83. The van der Waals surface area contributed by atoms with Crippen LogP contribution in [0.25, 0.3) is 0 Å². The van der Waals surface area contributed by atoms with Crippen LogP contribution in [-0.2, 0) is 23.9 Å². The average molecular weight is 556 g/mol. The summed E-state index contributed by atoms with van der Waals surface area (Å²) in [7, 11) is 0. The molecule has 6 atom stereocenters. The van der Waals surface area contributed by atoms with Crippen molar-refractivity contribution >= 4 is 33.7 Å². The van der Waals surface area contributed by atoms with Crippen molar-refractivity contribution in [2.75, 3.05) is 32.8 Å². The molecule has 196 valence electrons. The van der Waals surface area contributed by atoms with Gasteiger partial charge in [0.05, 0.1) is 24.5 Å². The third-order valence-electron chi connectivity index (χ3n) is 7.34. The Balaban J connectivity index is 1.92. The highest BCUT2D eigenvalue weighted by Crippen LogP contribution is 2.60. The molecule has 3 rings (SSSR count). The van der Waals surface area contributed by atoms with Crippen molar-refractivity contribution in [1.82, 2.24) is 9.80 Å². The minimum Gasteiger partial charge on any atom is -0.465 e. The fourth-order valence-corrected chi connectivity index (χ4v) is 6.77. The smallest absolute Gasteiger partial charge is 0.312 e. The van der Waals surface area contributed by atoms with Gasteiger partial charge in [-0.25, -0.2) is 0 Å². The maximum Gasteiger partial charge on any atom is 0.312 e. The van der Waals surface area contributed by atoms with Gasteiger partial charge in [0.2, 0.25) is 11.8 Å². The van der Waals surface area contributed by atoms with E-state index < -0.39 is 35.6 Å². The number of ether oxygens (including phenoxy) is 2. The lowest BCUT2D eigenvalue weighted by atomic mass is 9.70. The van der Waals surface area contributed by atoms with Crippen molar-refractivity contribution in [2.45, 2.75) is 74.4 Å². The second-order valence-corrected chi connectivity index (χ2v) is 10.8. The van der Waals surface area contributed by atoms with Crippen LogP contribution >= 0.6 is 15.9 Å². The molecule has 0 aromatic heterocycles. The van der Waals surface area contributed by atoms with Gasteiger partial charge in [0.25, 0.3) is 0 Å². The standard InChI is InChI=1S/C26H39BrN2O6/c1-4-7-9-13-28(12-6-3)24(32)22-26-17-18(27)21(35-26)19(25(33)34-16-10-8-5-2)20(26)23(31)29(22)14-11-15-30/h5-6,18-22,30H,2-4,7-17H2,1H3/t18?,19-,20+,21-,22?,26?/m1/s1. The summed E-state index contributed by atoms with van der Waals surface area (Å²) in [6.45, 7) is 10.9. The Morgan fingerprint density at radius 3 is 2.71 bits per heavy atom. The van der Waals surface area contributed by atoms with Gasteiger partial charge < -0.3 is 24.4 Å². The lowest BCUT2D eigenvalue weighted by Crippen LogP contribution is -2.57. The highest BCUT2D eigenvalue weighted by Gasteiger charge is 2.77. The first-order valence-corrected chi connectivity index (χ1v) is 13.7. The van der Waals surface area contributed by atoms with Gasteiger partial charge in [-0.15, -0.1) is 13.2 Å². The van der Waals surface area contributed by atoms with E-state index in [0.29, 0.717) is 32.4 Å². The second-order valence-electron chi connectivity index (χ2n) is 9.65. The molecular formula is C26H39BrN2O6. The van der Waals surface area contributed by atoms with Crippen molar-refractivity contribution < 1.29 is 29.0 Å². The van der Waals surface area contributed by atoms with Gasteiger partial charge in [-0.2, -0.15) is 0 Å². The Bertz CT molecular complexity index is 807. The molecular weight excluding hydrogens is 516 g/mol. The number of rotatable bonds is 15. The number of carbonyl (C=O) groups is 3. The maximum atomic E-state index is 14.0. The van der Waals surface area contributed by atoms with E-state index in [1.165, 1.54) is 0 Å². The highest BCUT2D eigenvalue weighted by molar-refractivity contribution is 9.09.